The highest BCUT2D eigenvalue weighted by molar-refractivity contribution is 6.16. The molecule has 0 bridgehead atoms. The summed E-state index contributed by atoms with van der Waals surface area (Å²) >= 11 is 0. The zero-order valence-corrected chi connectivity index (χ0v) is 8.97. The van der Waals surface area contributed by atoms with Crippen LogP contribution in [0.4, 0.5) is 4.39 Å². The maximum atomic E-state index is 13.0. The molecular weight excluding hydrogens is 195 g/mol. The van der Waals surface area contributed by atoms with Gasteiger partial charge in [-0.2, -0.15) is 0 Å². The van der Waals surface area contributed by atoms with Crippen molar-refractivity contribution in [2.75, 3.05) is 0 Å². The molecule has 0 amide bonds. The first kappa shape index (κ1) is 11.4. The summed E-state index contributed by atoms with van der Waals surface area (Å²) < 4.78 is 13.0. The number of carboxylic acid groups (broad SMARTS) is 1. The summed E-state index contributed by atoms with van der Waals surface area (Å²) in [5, 5.41) is 9.01. The zero-order chi connectivity index (χ0) is 11.6. The van der Waals surface area contributed by atoms with Gasteiger partial charge in [-0.05, 0) is 44.0 Å². The highest BCUT2D eigenvalue weighted by Gasteiger charge is 2.12. The number of allylic oxidation sites excluding steroid dienone is 1. The highest BCUT2D eigenvalue weighted by Crippen LogP contribution is 2.21. The molecule has 0 spiro atoms. The Morgan fingerprint density at radius 2 is 1.93 bits per heavy atom. The summed E-state index contributed by atoms with van der Waals surface area (Å²) in [6.07, 6.45) is 0. The molecule has 0 aliphatic rings. The van der Waals surface area contributed by atoms with Gasteiger partial charge in [0.25, 0.3) is 0 Å². The summed E-state index contributed by atoms with van der Waals surface area (Å²) in [5.41, 5.74) is 1.93. The highest BCUT2D eigenvalue weighted by atomic mass is 19.1. The van der Waals surface area contributed by atoms with E-state index in [1.807, 2.05) is 0 Å². The van der Waals surface area contributed by atoms with Crippen LogP contribution in [0.25, 0.3) is 5.57 Å². The lowest BCUT2D eigenvalue weighted by atomic mass is 10.00. The molecule has 0 aliphatic carbocycles. The topological polar surface area (TPSA) is 37.3 Å². The Morgan fingerprint density at radius 3 is 2.33 bits per heavy atom. The molecule has 15 heavy (non-hydrogen) atoms. The second-order valence-electron chi connectivity index (χ2n) is 3.64. The summed E-state index contributed by atoms with van der Waals surface area (Å²) in [7, 11) is 0. The lowest BCUT2D eigenvalue weighted by Gasteiger charge is -2.06. The largest absolute Gasteiger partial charge is 0.478 e. The van der Waals surface area contributed by atoms with Gasteiger partial charge in [-0.25, -0.2) is 9.18 Å². The first-order chi connectivity index (χ1) is 6.93. The molecule has 0 aliphatic heterocycles. The van der Waals surface area contributed by atoms with Crippen molar-refractivity contribution in [3.8, 4) is 0 Å². The van der Waals surface area contributed by atoms with Gasteiger partial charge < -0.3 is 5.11 Å². The second-order valence-corrected chi connectivity index (χ2v) is 3.64. The molecule has 0 aromatic heterocycles. The number of carboxylic acids is 1. The molecule has 0 saturated carbocycles. The molecule has 0 fully saturated rings. The molecule has 0 radical (unpaired) electrons. The van der Waals surface area contributed by atoms with E-state index < -0.39 is 5.97 Å². The van der Waals surface area contributed by atoms with E-state index in [-0.39, 0.29) is 11.4 Å². The third-order valence-electron chi connectivity index (χ3n) is 2.16. The summed E-state index contributed by atoms with van der Waals surface area (Å²) in [6, 6.07) is 4.32. The summed E-state index contributed by atoms with van der Waals surface area (Å²) in [4.78, 5) is 11.0. The molecule has 0 unspecified atom stereocenters. The van der Waals surface area contributed by atoms with E-state index in [4.69, 9.17) is 5.11 Å². The smallest absolute Gasteiger partial charge is 0.336 e. The Bertz CT molecular complexity index is 429. The third-order valence-corrected chi connectivity index (χ3v) is 2.16. The van der Waals surface area contributed by atoms with E-state index in [1.54, 1.807) is 26.8 Å². The zero-order valence-electron chi connectivity index (χ0n) is 8.97. The molecule has 1 N–H and O–H groups in total. The minimum atomic E-state index is -0.985. The van der Waals surface area contributed by atoms with Crippen LogP contribution in [0, 0.1) is 12.7 Å². The molecular formula is C12H13FO2. The minimum absolute atomic E-state index is 0.234. The van der Waals surface area contributed by atoms with Crippen molar-refractivity contribution in [3.63, 3.8) is 0 Å². The standard InChI is InChI=1S/C12H13FO2/c1-7(2)11(12(14)15)9-4-5-10(13)8(3)6-9/h4-6H,1-3H3,(H,14,15). The molecule has 0 atom stereocenters. The monoisotopic (exact) mass is 208 g/mol. The average Bonchev–Trinajstić information content (AvgIpc) is 2.10. The van der Waals surface area contributed by atoms with Crippen LogP contribution in [0.3, 0.4) is 0 Å². The van der Waals surface area contributed by atoms with Gasteiger partial charge in [0, 0.05) is 0 Å². The second kappa shape index (κ2) is 4.26. The Hall–Kier alpha value is -1.64. The molecule has 1 rings (SSSR count). The van der Waals surface area contributed by atoms with Crippen LogP contribution < -0.4 is 0 Å². The van der Waals surface area contributed by atoms with E-state index >= 15 is 0 Å². The molecule has 3 heteroatoms. The van der Waals surface area contributed by atoms with Crippen LogP contribution >= 0.6 is 0 Å². The van der Waals surface area contributed by atoms with Crippen LogP contribution in [0.2, 0.25) is 0 Å². The average molecular weight is 208 g/mol. The molecule has 0 heterocycles. The lowest BCUT2D eigenvalue weighted by Crippen LogP contribution is -2.02. The molecule has 80 valence electrons. The number of benzene rings is 1. The first-order valence-corrected chi connectivity index (χ1v) is 4.60. The number of carbonyl (C=O) groups is 1. The van der Waals surface area contributed by atoms with Crippen molar-refractivity contribution >= 4 is 11.5 Å². The maximum Gasteiger partial charge on any atom is 0.336 e. The van der Waals surface area contributed by atoms with Crippen molar-refractivity contribution in [2.45, 2.75) is 20.8 Å². The van der Waals surface area contributed by atoms with Crippen LogP contribution in [-0.4, -0.2) is 11.1 Å². The van der Waals surface area contributed by atoms with Gasteiger partial charge in [0.05, 0.1) is 5.57 Å². The first-order valence-electron chi connectivity index (χ1n) is 4.60. The van der Waals surface area contributed by atoms with Crippen LogP contribution in [-0.2, 0) is 4.79 Å². The fourth-order valence-electron chi connectivity index (χ4n) is 1.43. The van der Waals surface area contributed by atoms with Crippen molar-refractivity contribution in [1.29, 1.82) is 0 Å². The van der Waals surface area contributed by atoms with Crippen molar-refractivity contribution < 1.29 is 14.3 Å². The van der Waals surface area contributed by atoms with Crippen LogP contribution in [0.5, 0.6) is 0 Å². The molecule has 2 nitrogen and oxygen atoms in total. The molecule has 1 aromatic carbocycles. The third kappa shape index (κ3) is 2.43. The Labute approximate surface area is 88.1 Å². The SMILES string of the molecule is CC(C)=C(C(=O)O)c1ccc(F)c(C)c1. The van der Waals surface area contributed by atoms with E-state index in [2.05, 4.69) is 0 Å². The fraction of sp³-hybridized carbons (Fsp3) is 0.250. The predicted molar refractivity (Wildman–Crippen MR) is 57.0 cm³/mol. The van der Waals surface area contributed by atoms with E-state index in [0.29, 0.717) is 16.7 Å². The number of rotatable bonds is 2. The van der Waals surface area contributed by atoms with Crippen LogP contribution in [0.1, 0.15) is 25.0 Å². The minimum Gasteiger partial charge on any atom is -0.478 e. The van der Waals surface area contributed by atoms with E-state index in [0.717, 1.165) is 0 Å². The number of aryl methyl sites for hydroxylation is 1. The van der Waals surface area contributed by atoms with Gasteiger partial charge in [0.15, 0.2) is 0 Å². The molecule has 1 aromatic rings. The van der Waals surface area contributed by atoms with Crippen molar-refractivity contribution in [3.05, 3.63) is 40.7 Å². The Morgan fingerprint density at radius 1 is 1.33 bits per heavy atom. The van der Waals surface area contributed by atoms with Crippen LogP contribution in [0.15, 0.2) is 23.8 Å². The Kier molecular flexibility index (Phi) is 3.24. The molecule has 0 saturated heterocycles. The maximum absolute atomic E-state index is 13.0. The van der Waals surface area contributed by atoms with Gasteiger partial charge in [-0.3, -0.25) is 0 Å². The normalized spacial score (nSPS) is 9.87. The van der Waals surface area contributed by atoms with E-state index in [1.165, 1.54) is 12.1 Å². The van der Waals surface area contributed by atoms with Gasteiger partial charge in [-0.15, -0.1) is 0 Å². The summed E-state index contributed by atoms with van der Waals surface area (Å²) in [5.74, 6) is -1.31. The van der Waals surface area contributed by atoms with Crippen molar-refractivity contribution in [1.82, 2.24) is 0 Å². The number of hydrogen-bond donors (Lipinski definition) is 1. The summed E-state index contributed by atoms with van der Waals surface area (Å²) in [6.45, 7) is 5.06. The van der Waals surface area contributed by atoms with Gasteiger partial charge >= 0.3 is 5.97 Å². The van der Waals surface area contributed by atoms with Gasteiger partial charge in [0.2, 0.25) is 0 Å². The lowest BCUT2D eigenvalue weighted by molar-refractivity contribution is -0.130. The fourth-order valence-corrected chi connectivity index (χ4v) is 1.43. The number of hydrogen-bond acceptors (Lipinski definition) is 1. The van der Waals surface area contributed by atoms with Crippen molar-refractivity contribution in [2.24, 2.45) is 0 Å². The Balaban J connectivity index is 3.32. The van der Waals surface area contributed by atoms with E-state index in [9.17, 15) is 9.18 Å². The van der Waals surface area contributed by atoms with Gasteiger partial charge in [-0.1, -0.05) is 11.6 Å². The number of halogens is 1. The number of aliphatic carboxylic acids is 1. The predicted octanol–water partition coefficient (Wildman–Crippen LogP) is 3.01. The van der Waals surface area contributed by atoms with Gasteiger partial charge in [0.1, 0.15) is 5.82 Å². The quantitative estimate of drug-likeness (QED) is 0.758.